The van der Waals surface area contributed by atoms with Crippen molar-refractivity contribution in [2.45, 2.75) is 38.3 Å². The Balaban J connectivity index is 2.43. The molecule has 0 radical (unpaired) electrons. The van der Waals surface area contributed by atoms with E-state index < -0.39 is 0 Å². The molecule has 0 bridgehead atoms. The van der Waals surface area contributed by atoms with Crippen LogP contribution >= 0.6 is 11.8 Å². The van der Waals surface area contributed by atoms with Gasteiger partial charge in [-0.2, -0.15) is 0 Å². The van der Waals surface area contributed by atoms with E-state index in [1.807, 2.05) is 24.9 Å². The zero-order chi connectivity index (χ0) is 11.3. The fourth-order valence-electron chi connectivity index (χ4n) is 1.15. The van der Waals surface area contributed by atoms with Crippen LogP contribution in [0.5, 0.6) is 0 Å². The van der Waals surface area contributed by atoms with Crippen LogP contribution in [0.1, 0.15) is 38.8 Å². The van der Waals surface area contributed by atoms with Crippen molar-refractivity contribution in [3.8, 4) is 0 Å². The molecule has 0 amide bonds. The first kappa shape index (κ1) is 12.5. The molecule has 0 fully saturated rings. The molecule has 2 nitrogen and oxygen atoms in total. The minimum atomic E-state index is 0.0761. The highest BCUT2D eigenvalue weighted by Crippen LogP contribution is 2.19. The molecule has 1 aromatic rings. The van der Waals surface area contributed by atoms with Crippen LogP contribution in [0.2, 0.25) is 0 Å². The van der Waals surface area contributed by atoms with Gasteiger partial charge in [-0.25, -0.2) is 4.98 Å². The topological polar surface area (TPSA) is 38.9 Å². The van der Waals surface area contributed by atoms with Gasteiger partial charge in [0.1, 0.15) is 0 Å². The first-order valence-electron chi connectivity index (χ1n) is 5.44. The number of rotatable bonds is 5. The summed E-state index contributed by atoms with van der Waals surface area (Å²) in [6.45, 7) is 6.46. The lowest BCUT2D eigenvalue weighted by Gasteiger charge is -2.06. The summed E-state index contributed by atoms with van der Waals surface area (Å²) in [7, 11) is 0. The molecular formula is C12H20N2S. The fraction of sp³-hybridized carbons (Fsp3) is 0.583. The Kier molecular flexibility index (Phi) is 5.12. The molecule has 0 aliphatic heterocycles. The Labute approximate surface area is 96.7 Å². The van der Waals surface area contributed by atoms with Gasteiger partial charge in [-0.05, 0) is 36.6 Å². The molecule has 1 atom stereocenters. The maximum atomic E-state index is 5.76. The molecule has 84 valence electrons. The smallest absolute Gasteiger partial charge is 0.0960 e. The average molecular weight is 224 g/mol. The van der Waals surface area contributed by atoms with Crippen LogP contribution in [0.25, 0.3) is 0 Å². The monoisotopic (exact) mass is 224 g/mol. The number of pyridine rings is 1. The lowest BCUT2D eigenvalue weighted by Crippen LogP contribution is -2.05. The molecule has 1 unspecified atom stereocenters. The van der Waals surface area contributed by atoms with Gasteiger partial charge in [0.25, 0.3) is 0 Å². The number of aromatic nitrogens is 1. The van der Waals surface area contributed by atoms with Gasteiger partial charge in [0, 0.05) is 12.2 Å². The van der Waals surface area contributed by atoms with E-state index in [0.717, 1.165) is 22.3 Å². The minimum absolute atomic E-state index is 0.0761. The van der Waals surface area contributed by atoms with E-state index in [4.69, 9.17) is 5.73 Å². The Morgan fingerprint density at radius 2 is 2.07 bits per heavy atom. The van der Waals surface area contributed by atoms with E-state index in [1.54, 1.807) is 0 Å². The molecular weight excluding hydrogens is 204 g/mol. The molecule has 0 saturated carbocycles. The molecule has 1 heterocycles. The molecule has 2 N–H and O–H groups in total. The van der Waals surface area contributed by atoms with Crippen molar-refractivity contribution >= 4 is 11.8 Å². The van der Waals surface area contributed by atoms with E-state index >= 15 is 0 Å². The third-order valence-electron chi connectivity index (χ3n) is 2.23. The Bertz CT molecular complexity index is 280. The quantitative estimate of drug-likeness (QED) is 0.780. The molecule has 1 aromatic heterocycles. The Morgan fingerprint density at radius 1 is 1.33 bits per heavy atom. The normalized spacial score (nSPS) is 13.1. The molecule has 0 aliphatic rings. The SMILES string of the molecule is CC(C)CCSc1ccc(C(C)N)cn1. The van der Waals surface area contributed by atoms with Crippen molar-refractivity contribution in [1.29, 1.82) is 0 Å². The van der Waals surface area contributed by atoms with Crippen molar-refractivity contribution in [3.05, 3.63) is 23.9 Å². The highest BCUT2D eigenvalue weighted by atomic mass is 32.2. The fourth-order valence-corrected chi connectivity index (χ4v) is 2.24. The first-order valence-corrected chi connectivity index (χ1v) is 6.42. The summed E-state index contributed by atoms with van der Waals surface area (Å²) in [5.74, 6) is 1.91. The number of hydrogen-bond acceptors (Lipinski definition) is 3. The molecule has 15 heavy (non-hydrogen) atoms. The van der Waals surface area contributed by atoms with E-state index in [0.29, 0.717) is 0 Å². The minimum Gasteiger partial charge on any atom is -0.324 e. The average Bonchev–Trinajstić information content (AvgIpc) is 2.18. The van der Waals surface area contributed by atoms with Gasteiger partial charge in [0.15, 0.2) is 0 Å². The van der Waals surface area contributed by atoms with Crippen LogP contribution in [-0.4, -0.2) is 10.7 Å². The summed E-state index contributed by atoms with van der Waals surface area (Å²) in [6, 6.07) is 4.20. The highest BCUT2D eigenvalue weighted by Gasteiger charge is 2.01. The number of thioether (sulfide) groups is 1. The lowest BCUT2D eigenvalue weighted by atomic mass is 10.2. The van der Waals surface area contributed by atoms with E-state index in [2.05, 4.69) is 31.0 Å². The summed E-state index contributed by atoms with van der Waals surface area (Å²) in [6.07, 6.45) is 3.11. The molecule has 0 saturated heterocycles. The van der Waals surface area contributed by atoms with E-state index in [9.17, 15) is 0 Å². The van der Waals surface area contributed by atoms with Crippen LogP contribution in [0.15, 0.2) is 23.4 Å². The summed E-state index contributed by atoms with van der Waals surface area (Å²) in [5.41, 5.74) is 6.86. The van der Waals surface area contributed by atoms with E-state index in [1.165, 1.54) is 6.42 Å². The third kappa shape index (κ3) is 4.67. The van der Waals surface area contributed by atoms with Crippen LogP contribution in [0.4, 0.5) is 0 Å². The van der Waals surface area contributed by atoms with Gasteiger partial charge < -0.3 is 5.73 Å². The maximum Gasteiger partial charge on any atom is 0.0960 e. The first-order chi connectivity index (χ1) is 7.09. The molecule has 0 aliphatic carbocycles. The summed E-state index contributed by atoms with van der Waals surface area (Å²) >= 11 is 1.82. The summed E-state index contributed by atoms with van der Waals surface area (Å²) < 4.78 is 0. The van der Waals surface area contributed by atoms with Gasteiger partial charge in [-0.15, -0.1) is 11.8 Å². The van der Waals surface area contributed by atoms with Crippen LogP contribution in [0, 0.1) is 5.92 Å². The number of nitrogens with two attached hydrogens (primary N) is 1. The third-order valence-corrected chi connectivity index (χ3v) is 3.21. The van der Waals surface area contributed by atoms with Gasteiger partial charge in [-0.3, -0.25) is 0 Å². The van der Waals surface area contributed by atoms with Crippen molar-refractivity contribution in [3.63, 3.8) is 0 Å². The molecule has 0 spiro atoms. The molecule has 1 rings (SSSR count). The van der Waals surface area contributed by atoms with Gasteiger partial charge in [0.05, 0.1) is 5.03 Å². The van der Waals surface area contributed by atoms with Gasteiger partial charge >= 0.3 is 0 Å². The van der Waals surface area contributed by atoms with Crippen molar-refractivity contribution in [2.75, 3.05) is 5.75 Å². The number of hydrogen-bond donors (Lipinski definition) is 1. The highest BCUT2D eigenvalue weighted by molar-refractivity contribution is 7.99. The standard InChI is InChI=1S/C12H20N2S/c1-9(2)6-7-15-12-5-4-11(8-14-12)10(3)13/h4-5,8-10H,6-7,13H2,1-3H3. The lowest BCUT2D eigenvalue weighted by molar-refractivity contribution is 0.632. The van der Waals surface area contributed by atoms with Crippen molar-refractivity contribution in [2.24, 2.45) is 11.7 Å². The summed E-state index contributed by atoms with van der Waals surface area (Å²) in [4.78, 5) is 4.38. The van der Waals surface area contributed by atoms with Gasteiger partial charge in [-0.1, -0.05) is 19.9 Å². The van der Waals surface area contributed by atoms with Crippen LogP contribution in [-0.2, 0) is 0 Å². The second-order valence-electron chi connectivity index (χ2n) is 4.25. The summed E-state index contributed by atoms with van der Waals surface area (Å²) in [5, 5.41) is 1.10. The molecule has 0 aromatic carbocycles. The van der Waals surface area contributed by atoms with Crippen LogP contribution < -0.4 is 5.73 Å². The second-order valence-corrected chi connectivity index (χ2v) is 5.36. The zero-order valence-electron chi connectivity index (χ0n) is 9.73. The maximum absolute atomic E-state index is 5.76. The largest absolute Gasteiger partial charge is 0.324 e. The Hall–Kier alpha value is -0.540. The second kappa shape index (κ2) is 6.13. The number of nitrogens with zero attached hydrogens (tertiary/aromatic N) is 1. The molecule has 3 heteroatoms. The van der Waals surface area contributed by atoms with Gasteiger partial charge in [0.2, 0.25) is 0 Å². The van der Waals surface area contributed by atoms with Crippen LogP contribution in [0.3, 0.4) is 0 Å². The predicted octanol–water partition coefficient (Wildman–Crippen LogP) is 3.24. The van der Waals surface area contributed by atoms with Crippen molar-refractivity contribution < 1.29 is 0 Å². The Morgan fingerprint density at radius 3 is 2.53 bits per heavy atom. The van der Waals surface area contributed by atoms with E-state index in [-0.39, 0.29) is 6.04 Å². The predicted molar refractivity (Wildman–Crippen MR) is 67.0 cm³/mol. The van der Waals surface area contributed by atoms with Crippen molar-refractivity contribution in [1.82, 2.24) is 4.98 Å². The zero-order valence-corrected chi connectivity index (χ0v) is 10.6.